The number of para-hydroxylation sites is 1. The van der Waals surface area contributed by atoms with E-state index in [1.165, 1.54) is 25.3 Å². The summed E-state index contributed by atoms with van der Waals surface area (Å²) in [4.78, 5) is 35.9. The van der Waals surface area contributed by atoms with Gasteiger partial charge in [-0.2, -0.15) is 0 Å². The van der Waals surface area contributed by atoms with Gasteiger partial charge in [-0.25, -0.2) is 5.01 Å². The number of non-ortho nitro benzene ring substituents is 1. The molecular weight excluding hydrogens is 462 g/mol. The van der Waals surface area contributed by atoms with Gasteiger partial charge in [-0.1, -0.05) is 29.8 Å². The van der Waals surface area contributed by atoms with E-state index in [0.717, 1.165) is 5.01 Å². The van der Waals surface area contributed by atoms with Crippen molar-refractivity contribution in [1.29, 1.82) is 0 Å². The number of halogens is 1. The number of hydrogen-bond acceptors (Lipinski definition) is 6. The van der Waals surface area contributed by atoms with Crippen LogP contribution in [-0.2, 0) is 16.2 Å². The van der Waals surface area contributed by atoms with E-state index >= 15 is 0 Å². The van der Waals surface area contributed by atoms with Gasteiger partial charge in [0.25, 0.3) is 17.5 Å². The van der Waals surface area contributed by atoms with Crippen LogP contribution in [0.1, 0.15) is 11.1 Å². The predicted molar refractivity (Wildman–Crippen MR) is 125 cm³/mol. The van der Waals surface area contributed by atoms with Crippen LogP contribution in [0, 0.1) is 10.1 Å². The van der Waals surface area contributed by atoms with Crippen LogP contribution in [0.5, 0.6) is 11.5 Å². The molecule has 0 radical (unpaired) electrons. The standard InChI is InChI=1S/C24H18ClN3O6/c1-33-21-13-17(25)11-16(22(21)34-14-15-7-9-19(10-8-15)28(31)32)12-20-23(29)26-27(24(20)30)18-5-3-2-4-6-18/h2-13H,14H2,1H3,(H,26,29)/b20-12+. The van der Waals surface area contributed by atoms with Gasteiger partial charge in [0.1, 0.15) is 12.2 Å². The number of anilines is 1. The molecule has 2 amide bonds. The van der Waals surface area contributed by atoms with Crippen LogP contribution >= 0.6 is 11.6 Å². The highest BCUT2D eigenvalue weighted by Gasteiger charge is 2.34. The number of hydrogen-bond donors (Lipinski definition) is 1. The molecule has 0 atom stereocenters. The number of nitrogens with one attached hydrogen (secondary N) is 1. The fourth-order valence-corrected chi connectivity index (χ4v) is 3.56. The summed E-state index contributed by atoms with van der Waals surface area (Å²) in [5.41, 5.74) is 3.95. The number of nitro benzene ring substituents is 1. The summed E-state index contributed by atoms with van der Waals surface area (Å²) in [6, 6.07) is 17.7. The minimum absolute atomic E-state index is 0.0352. The maximum Gasteiger partial charge on any atom is 0.282 e. The zero-order valence-corrected chi connectivity index (χ0v) is 18.6. The molecule has 1 N–H and O–H groups in total. The van der Waals surface area contributed by atoms with E-state index in [1.54, 1.807) is 54.6 Å². The minimum atomic E-state index is -0.575. The number of carbonyl (C=O) groups excluding carboxylic acids is 2. The molecule has 0 aromatic heterocycles. The van der Waals surface area contributed by atoms with Gasteiger partial charge < -0.3 is 9.47 Å². The first kappa shape index (κ1) is 22.8. The van der Waals surface area contributed by atoms with E-state index in [4.69, 9.17) is 21.1 Å². The van der Waals surface area contributed by atoms with Crippen molar-refractivity contribution in [3.63, 3.8) is 0 Å². The number of amides is 2. The molecular formula is C24H18ClN3O6. The third-order valence-electron chi connectivity index (χ3n) is 5.00. The van der Waals surface area contributed by atoms with Crippen LogP contribution in [0.3, 0.4) is 0 Å². The second kappa shape index (κ2) is 9.63. The Kier molecular flexibility index (Phi) is 6.46. The van der Waals surface area contributed by atoms with Crippen LogP contribution in [0.2, 0.25) is 5.02 Å². The molecule has 34 heavy (non-hydrogen) atoms. The van der Waals surface area contributed by atoms with E-state index in [-0.39, 0.29) is 23.6 Å². The summed E-state index contributed by atoms with van der Waals surface area (Å²) in [5, 5.41) is 12.3. The van der Waals surface area contributed by atoms with Crippen LogP contribution in [-0.4, -0.2) is 23.8 Å². The number of nitro groups is 1. The smallest absolute Gasteiger partial charge is 0.282 e. The number of hydrazine groups is 1. The van der Waals surface area contributed by atoms with Gasteiger partial charge in [-0.05, 0) is 42.0 Å². The molecule has 0 aliphatic carbocycles. The van der Waals surface area contributed by atoms with Gasteiger partial charge in [-0.3, -0.25) is 25.1 Å². The number of rotatable bonds is 7. The lowest BCUT2D eigenvalue weighted by molar-refractivity contribution is -0.384. The summed E-state index contributed by atoms with van der Waals surface area (Å²) in [5.74, 6) is -0.547. The van der Waals surface area contributed by atoms with Gasteiger partial charge in [-0.15, -0.1) is 0 Å². The molecule has 3 aromatic rings. The molecule has 0 unspecified atom stereocenters. The Labute approximate surface area is 199 Å². The fraction of sp³-hybridized carbons (Fsp3) is 0.0833. The second-order valence-electron chi connectivity index (χ2n) is 7.21. The molecule has 0 bridgehead atoms. The van der Waals surface area contributed by atoms with E-state index in [0.29, 0.717) is 27.6 Å². The lowest BCUT2D eigenvalue weighted by Crippen LogP contribution is -2.35. The summed E-state index contributed by atoms with van der Waals surface area (Å²) in [6.07, 6.45) is 1.39. The van der Waals surface area contributed by atoms with Crippen molar-refractivity contribution in [1.82, 2.24) is 5.43 Å². The first-order valence-corrected chi connectivity index (χ1v) is 10.4. The highest BCUT2D eigenvalue weighted by molar-refractivity contribution is 6.32. The van der Waals surface area contributed by atoms with Crippen molar-refractivity contribution in [2.45, 2.75) is 6.61 Å². The van der Waals surface area contributed by atoms with Crippen molar-refractivity contribution in [3.8, 4) is 11.5 Å². The van der Waals surface area contributed by atoms with Crippen LogP contribution in [0.4, 0.5) is 11.4 Å². The molecule has 4 rings (SSSR count). The first-order chi connectivity index (χ1) is 16.4. The second-order valence-corrected chi connectivity index (χ2v) is 7.65. The van der Waals surface area contributed by atoms with Gasteiger partial charge in [0, 0.05) is 28.8 Å². The monoisotopic (exact) mass is 479 g/mol. The summed E-state index contributed by atoms with van der Waals surface area (Å²) < 4.78 is 11.3. The molecule has 3 aromatic carbocycles. The van der Waals surface area contributed by atoms with Crippen LogP contribution in [0.15, 0.2) is 72.3 Å². The number of methoxy groups -OCH3 is 1. The van der Waals surface area contributed by atoms with Crippen molar-refractivity contribution in [2.24, 2.45) is 0 Å². The Hall–Kier alpha value is -4.37. The van der Waals surface area contributed by atoms with Crippen molar-refractivity contribution < 1.29 is 24.0 Å². The molecule has 0 saturated carbocycles. The van der Waals surface area contributed by atoms with E-state index < -0.39 is 16.7 Å². The van der Waals surface area contributed by atoms with Gasteiger partial charge in [0.15, 0.2) is 11.5 Å². The lowest BCUT2D eigenvalue weighted by atomic mass is 10.1. The highest BCUT2D eigenvalue weighted by Crippen LogP contribution is 2.37. The minimum Gasteiger partial charge on any atom is -0.493 e. The molecule has 1 heterocycles. The lowest BCUT2D eigenvalue weighted by Gasteiger charge is -2.15. The zero-order valence-electron chi connectivity index (χ0n) is 17.9. The zero-order chi connectivity index (χ0) is 24.2. The molecule has 9 nitrogen and oxygen atoms in total. The van der Waals surface area contributed by atoms with Gasteiger partial charge in [0.2, 0.25) is 0 Å². The maximum absolute atomic E-state index is 13.0. The number of ether oxygens (including phenoxy) is 2. The molecule has 1 aliphatic heterocycles. The molecule has 1 saturated heterocycles. The number of nitrogens with zero attached hydrogens (tertiary/aromatic N) is 2. The first-order valence-electron chi connectivity index (χ1n) is 10.0. The summed E-state index contributed by atoms with van der Waals surface area (Å²) in [6.45, 7) is 0.0580. The largest absolute Gasteiger partial charge is 0.493 e. The van der Waals surface area contributed by atoms with Crippen LogP contribution in [0.25, 0.3) is 6.08 Å². The number of benzene rings is 3. The Bertz CT molecular complexity index is 1290. The normalized spacial score (nSPS) is 14.3. The van der Waals surface area contributed by atoms with Crippen molar-refractivity contribution in [3.05, 3.63) is 98.6 Å². The van der Waals surface area contributed by atoms with Gasteiger partial charge >= 0.3 is 0 Å². The topological polar surface area (TPSA) is 111 Å². The Balaban J connectivity index is 1.66. The molecule has 10 heteroatoms. The molecule has 1 aliphatic rings. The average Bonchev–Trinajstić information content (AvgIpc) is 3.12. The Morgan fingerprint density at radius 3 is 2.44 bits per heavy atom. The van der Waals surface area contributed by atoms with E-state index in [2.05, 4.69) is 5.43 Å². The average molecular weight is 480 g/mol. The molecule has 1 fully saturated rings. The SMILES string of the molecule is COc1cc(Cl)cc(/C=C2\C(=O)NN(c3ccccc3)C2=O)c1OCc1ccc([N+](=O)[O-])cc1. The number of carbonyl (C=O) groups is 2. The van der Waals surface area contributed by atoms with Crippen molar-refractivity contribution in [2.75, 3.05) is 12.1 Å². The predicted octanol–water partition coefficient (Wildman–Crippen LogP) is 4.30. The molecule has 172 valence electrons. The van der Waals surface area contributed by atoms with Crippen molar-refractivity contribution >= 4 is 40.9 Å². The summed E-state index contributed by atoms with van der Waals surface area (Å²) in [7, 11) is 1.44. The van der Waals surface area contributed by atoms with Crippen LogP contribution < -0.4 is 19.9 Å². The molecule has 0 spiro atoms. The van der Waals surface area contributed by atoms with Gasteiger partial charge in [0.05, 0.1) is 17.7 Å². The highest BCUT2D eigenvalue weighted by atomic mass is 35.5. The fourth-order valence-electron chi connectivity index (χ4n) is 3.34. The van der Waals surface area contributed by atoms with E-state index in [1.807, 2.05) is 0 Å². The third kappa shape index (κ3) is 4.69. The third-order valence-corrected chi connectivity index (χ3v) is 5.22. The Morgan fingerprint density at radius 2 is 1.79 bits per heavy atom. The maximum atomic E-state index is 13.0. The quantitative estimate of drug-likeness (QED) is 0.234. The summed E-state index contributed by atoms with van der Waals surface area (Å²) >= 11 is 6.22. The van der Waals surface area contributed by atoms with E-state index in [9.17, 15) is 19.7 Å². The Morgan fingerprint density at radius 1 is 1.09 bits per heavy atom.